The largest absolute Gasteiger partial charge is 1.00 e. The second-order valence-electron chi connectivity index (χ2n) is 4.58. The SMILES string of the molecule is C[C@H]1COC[C@@H](C[N+](C)(C)C)O1.[I-]. The van der Waals surface area contributed by atoms with Crippen molar-refractivity contribution in [3.8, 4) is 0 Å². The molecule has 1 aliphatic rings. The van der Waals surface area contributed by atoms with Crippen LogP contribution in [0.15, 0.2) is 0 Å². The van der Waals surface area contributed by atoms with Crippen LogP contribution in [-0.4, -0.2) is 57.6 Å². The highest BCUT2D eigenvalue weighted by molar-refractivity contribution is 4.64. The quantitative estimate of drug-likeness (QED) is 0.415. The second-order valence-corrected chi connectivity index (χ2v) is 4.58. The molecule has 13 heavy (non-hydrogen) atoms. The molecule has 1 rings (SSSR count). The summed E-state index contributed by atoms with van der Waals surface area (Å²) in [6.07, 6.45) is 0.532. The monoisotopic (exact) mass is 301 g/mol. The predicted molar refractivity (Wildman–Crippen MR) is 48.1 cm³/mol. The third kappa shape index (κ3) is 5.83. The van der Waals surface area contributed by atoms with E-state index in [1.165, 1.54) is 0 Å². The summed E-state index contributed by atoms with van der Waals surface area (Å²) in [4.78, 5) is 0. The lowest BCUT2D eigenvalue weighted by atomic mass is 10.3. The van der Waals surface area contributed by atoms with Crippen molar-refractivity contribution in [3.63, 3.8) is 0 Å². The number of halogens is 1. The average molecular weight is 301 g/mol. The summed E-state index contributed by atoms with van der Waals surface area (Å²) < 4.78 is 12.1. The lowest BCUT2D eigenvalue weighted by molar-refractivity contribution is -0.874. The summed E-state index contributed by atoms with van der Waals surface area (Å²) in [5, 5.41) is 0. The number of rotatable bonds is 2. The van der Waals surface area contributed by atoms with Crippen LogP contribution in [0, 0.1) is 0 Å². The summed E-state index contributed by atoms with van der Waals surface area (Å²) in [5.41, 5.74) is 0. The Kier molecular flexibility index (Phi) is 5.74. The highest BCUT2D eigenvalue weighted by Crippen LogP contribution is 2.09. The molecule has 0 unspecified atom stereocenters. The fraction of sp³-hybridized carbons (Fsp3) is 1.00. The maximum absolute atomic E-state index is 5.72. The molecule has 2 atom stereocenters. The van der Waals surface area contributed by atoms with Gasteiger partial charge in [0.05, 0.1) is 40.5 Å². The van der Waals surface area contributed by atoms with Gasteiger partial charge in [0, 0.05) is 0 Å². The smallest absolute Gasteiger partial charge is 0.130 e. The zero-order valence-electron chi connectivity index (χ0n) is 8.92. The number of nitrogens with zero attached hydrogens (tertiary/aromatic N) is 1. The maximum atomic E-state index is 5.72. The summed E-state index contributed by atoms with van der Waals surface area (Å²) in [7, 11) is 6.51. The van der Waals surface area contributed by atoms with E-state index >= 15 is 0 Å². The van der Waals surface area contributed by atoms with Gasteiger partial charge >= 0.3 is 0 Å². The van der Waals surface area contributed by atoms with Crippen molar-refractivity contribution in [2.45, 2.75) is 19.1 Å². The summed E-state index contributed by atoms with van der Waals surface area (Å²) >= 11 is 0. The van der Waals surface area contributed by atoms with Crippen LogP contribution < -0.4 is 24.0 Å². The van der Waals surface area contributed by atoms with E-state index in [4.69, 9.17) is 9.47 Å². The topological polar surface area (TPSA) is 18.5 Å². The fourth-order valence-corrected chi connectivity index (χ4v) is 1.48. The zero-order chi connectivity index (χ0) is 9.19. The van der Waals surface area contributed by atoms with Crippen molar-refractivity contribution in [1.82, 2.24) is 0 Å². The molecule has 0 saturated carbocycles. The molecule has 0 bridgehead atoms. The first-order valence-corrected chi connectivity index (χ1v) is 4.51. The Balaban J connectivity index is 0.00000144. The standard InChI is InChI=1S/C9H20NO2.HI/c1-8-6-11-7-9(12-8)5-10(2,3)4;/h8-9H,5-7H2,1-4H3;1H/q+1;/p-1/t8-,9+;/m0./s1. The molecule has 1 saturated heterocycles. The third-order valence-corrected chi connectivity index (χ3v) is 1.83. The van der Waals surface area contributed by atoms with Crippen molar-refractivity contribution in [2.24, 2.45) is 0 Å². The molecule has 4 heteroatoms. The van der Waals surface area contributed by atoms with Gasteiger partial charge in [-0.1, -0.05) is 0 Å². The molecule has 0 aromatic rings. The van der Waals surface area contributed by atoms with Gasteiger partial charge in [0.2, 0.25) is 0 Å². The number of hydrogen-bond acceptors (Lipinski definition) is 2. The van der Waals surface area contributed by atoms with Crippen LogP contribution in [0.4, 0.5) is 0 Å². The maximum Gasteiger partial charge on any atom is 0.130 e. The Morgan fingerprint density at radius 2 is 1.85 bits per heavy atom. The molecule has 0 amide bonds. The molecule has 80 valence electrons. The molecule has 1 heterocycles. The molecule has 3 nitrogen and oxygen atoms in total. The van der Waals surface area contributed by atoms with Gasteiger partial charge in [-0.15, -0.1) is 0 Å². The van der Waals surface area contributed by atoms with Gasteiger partial charge in [-0.3, -0.25) is 0 Å². The molecular formula is C9H20INO2. The van der Waals surface area contributed by atoms with E-state index in [0.29, 0.717) is 0 Å². The lowest BCUT2D eigenvalue weighted by Crippen LogP contribution is -3.00. The Morgan fingerprint density at radius 1 is 1.23 bits per heavy atom. The Bertz CT molecular complexity index is 147. The summed E-state index contributed by atoms with van der Waals surface area (Å²) in [5.74, 6) is 0. The van der Waals surface area contributed by atoms with Gasteiger partial charge in [0.1, 0.15) is 12.6 Å². The van der Waals surface area contributed by atoms with Crippen molar-refractivity contribution in [2.75, 3.05) is 40.9 Å². The molecular weight excluding hydrogens is 281 g/mol. The normalized spacial score (nSPS) is 29.5. The Hall–Kier alpha value is 0.610. The molecule has 0 aliphatic carbocycles. The minimum Gasteiger partial charge on any atom is -1.00 e. The van der Waals surface area contributed by atoms with Crippen molar-refractivity contribution in [3.05, 3.63) is 0 Å². The van der Waals surface area contributed by atoms with Gasteiger partial charge in [-0.2, -0.15) is 0 Å². The van der Waals surface area contributed by atoms with Crippen LogP contribution >= 0.6 is 0 Å². The average Bonchev–Trinajstić information content (AvgIpc) is 1.82. The first-order valence-electron chi connectivity index (χ1n) is 4.51. The first kappa shape index (κ1) is 13.6. The van der Waals surface area contributed by atoms with E-state index in [2.05, 4.69) is 28.1 Å². The Morgan fingerprint density at radius 3 is 2.31 bits per heavy atom. The summed E-state index contributed by atoms with van der Waals surface area (Å²) in [6, 6.07) is 0. The molecule has 0 spiro atoms. The minimum atomic E-state index is 0. The van der Waals surface area contributed by atoms with Gasteiger partial charge in [0.15, 0.2) is 0 Å². The number of quaternary nitrogens is 1. The number of hydrogen-bond donors (Lipinski definition) is 0. The van der Waals surface area contributed by atoms with E-state index < -0.39 is 0 Å². The zero-order valence-corrected chi connectivity index (χ0v) is 11.1. The second kappa shape index (κ2) is 5.48. The van der Waals surface area contributed by atoms with E-state index in [1.807, 2.05) is 0 Å². The van der Waals surface area contributed by atoms with Gasteiger partial charge in [-0.25, -0.2) is 0 Å². The molecule has 0 aromatic heterocycles. The third-order valence-electron chi connectivity index (χ3n) is 1.83. The number of ether oxygens (including phenoxy) is 2. The van der Waals surface area contributed by atoms with E-state index in [-0.39, 0.29) is 36.2 Å². The molecule has 1 aliphatic heterocycles. The summed E-state index contributed by atoms with van der Waals surface area (Å²) in [6.45, 7) is 4.57. The van der Waals surface area contributed by atoms with Gasteiger partial charge in [0.25, 0.3) is 0 Å². The molecule has 1 fully saturated rings. The highest BCUT2D eigenvalue weighted by Gasteiger charge is 2.24. The van der Waals surface area contributed by atoms with Crippen molar-refractivity contribution in [1.29, 1.82) is 0 Å². The fourth-order valence-electron chi connectivity index (χ4n) is 1.48. The van der Waals surface area contributed by atoms with Gasteiger partial charge in [-0.05, 0) is 6.92 Å². The van der Waals surface area contributed by atoms with Crippen LogP contribution in [0.2, 0.25) is 0 Å². The van der Waals surface area contributed by atoms with Crippen molar-refractivity contribution >= 4 is 0 Å². The van der Waals surface area contributed by atoms with Gasteiger partial charge < -0.3 is 37.9 Å². The van der Waals surface area contributed by atoms with Crippen LogP contribution in [0.25, 0.3) is 0 Å². The van der Waals surface area contributed by atoms with Crippen LogP contribution in [-0.2, 0) is 9.47 Å². The van der Waals surface area contributed by atoms with Crippen molar-refractivity contribution < 1.29 is 37.9 Å². The molecule has 0 radical (unpaired) electrons. The van der Waals surface area contributed by atoms with Crippen LogP contribution in [0.3, 0.4) is 0 Å². The molecule has 0 N–H and O–H groups in total. The van der Waals surface area contributed by atoms with Crippen LogP contribution in [0.5, 0.6) is 0 Å². The van der Waals surface area contributed by atoms with E-state index in [9.17, 15) is 0 Å². The predicted octanol–water partition coefficient (Wildman–Crippen LogP) is -2.50. The minimum absolute atomic E-state index is 0. The Labute approximate surface area is 98.0 Å². The highest BCUT2D eigenvalue weighted by atomic mass is 127. The molecule has 0 aromatic carbocycles. The first-order chi connectivity index (χ1) is 5.47. The van der Waals surface area contributed by atoms with Crippen LogP contribution in [0.1, 0.15) is 6.92 Å². The number of likely N-dealkylation sites (N-methyl/N-ethyl adjacent to an activating group) is 1. The van der Waals surface area contributed by atoms with E-state index in [1.54, 1.807) is 0 Å². The van der Waals surface area contributed by atoms with E-state index in [0.717, 1.165) is 24.2 Å². The lowest BCUT2D eigenvalue weighted by Gasteiger charge is -2.33.